The zero-order valence-corrected chi connectivity index (χ0v) is 9.58. The molecule has 0 spiro atoms. The van der Waals surface area contributed by atoms with Gasteiger partial charge in [-0.25, -0.2) is 4.39 Å². The Hall–Kier alpha value is -1.42. The monoisotopic (exact) mass is 239 g/mol. The fourth-order valence-corrected chi connectivity index (χ4v) is 1.81. The van der Waals surface area contributed by atoms with E-state index >= 15 is 0 Å². The Morgan fingerprint density at radius 2 is 2.19 bits per heavy atom. The van der Waals surface area contributed by atoms with Crippen LogP contribution >= 0.6 is 11.6 Å². The molecule has 0 bridgehead atoms. The quantitative estimate of drug-likeness (QED) is 0.771. The van der Waals surface area contributed by atoms with Crippen LogP contribution in [0.2, 0.25) is 0 Å². The summed E-state index contributed by atoms with van der Waals surface area (Å²) >= 11 is 5.75. The van der Waals surface area contributed by atoms with Gasteiger partial charge in [0.25, 0.3) is 0 Å². The third kappa shape index (κ3) is 1.93. The first kappa shape index (κ1) is 11.1. The lowest BCUT2D eigenvalue weighted by Gasteiger charge is -2.05. The molecule has 84 valence electrons. The van der Waals surface area contributed by atoms with E-state index in [9.17, 15) is 4.39 Å². The van der Waals surface area contributed by atoms with Crippen molar-refractivity contribution in [2.45, 2.75) is 19.3 Å². The minimum Gasteiger partial charge on any atom is -0.310 e. The molecule has 16 heavy (non-hydrogen) atoms. The third-order valence-electron chi connectivity index (χ3n) is 2.35. The molecule has 0 saturated carbocycles. The van der Waals surface area contributed by atoms with Crippen LogP contribution in [-0.4, -0.2) is 14.8 Å². The zero-order valence-electron chi connectivity index (χ0n) is 8.82. The fourth-order valence-electron chi connectivity index (χ4n) is 1.61. The van der Waals surface area contributed by atoms with Crippen LogP contribution in [0.4, 0.5) is 4.39 Å². The Bertz CT molecular complexity index is 496. The second kappa shape index (κ2) is 4.61. The number of halogens is 2. The average molecular weight is 240 g/mol. The van der Waals surface area contributed by atoms with Gasteiger partial charge in [-0.3, -0.25) is 0 Å². The van der Waals surface area contributed by atoms with Crippen molar-refractivity contribution in [2.24, 2.45) is 0 Å². The molecule has 0 aliphatic heterocycles. The minimum absolute atomic E-state index is 0.282. The Morgan fingerprint density at radius 3 is 2.81 bits per heavy atom. The number of alkyl halides is 1. The van der Waals surface area contributed by atoms with Crippen LogP contribution in [0, 0.1) is 5.82 Å². The van der Waals surface area contributed by atoms with Gasteiger partial charge in [0, 0.05) is 12.1 Å². The summed E-state index contributed by atoms with van der Waals surface area (Å²) in [6.07, 6.45) is 0. The smallest absolute Gasteiger partial charge is 0.164 e. The summed E-state index contributed by atoms with van der Waals surface area (Å²) in [7, 11) is 0. The van der Waals surface area contributed by atoms with Crippen LogP contribution in [0.3, 0.4) is 0 Å². The van der Waals surface area contributed by atoms with Crippen LogP contribution < -0.4 is 0 Å². The highest BCUT2D eigenvalue weighted by Gasteiger charge is 2.11. The van der Waals surface area contributed by atoms with Gasteiger partial charge < -0.3 is 4.57 Å². The Morgan fingerprint density at radius 1 is 1.38 bits per heavy atom. The van der Waals surface area contributed by atoms with Crippen molar-refractivity contribution in [3.63, 3.8) is 0 Å². The summed E-state index contributed by atoms with van der Waals surface area (Å²) in [4.78, 5) is 0. The van der Waals surface area contributed by atoms with Crippen LogP contribution in [0.1, 0.15) is 12.7 Å². The second-order valence-electron chi connectivity index (χ2n) is 3.33. The first-order valence-corrected chi connectivity index (χ1v) is 5.53. The fraction of sp³-hybridized carbons (Fsp3) is 0.273. The van der Waals surface area contributed by atoms with Crippen molar-refractivity contribution in [3.8, 4) is 11.4 Å². The maximum atomic E-state index is 13.1. The van der Waals surface area contributed by atoms with Gasteiger partial charge in [0.15, 0.2) is 5.82 Å². The van der Waals surface area contributed by atoms with Crippen LogP contribution in [-0.2, 0) is 12.4 Å². The average Bonchev–Trinajstić information content (AvgIpc) is 2.71. The first-order valence-electron chi connectivity index (χ1n) is 5.00. The van der Waals surface area contributed by atoms with Crippen molar-refractivity contribution in [1.82, 2.24) is 14.8 Å². The van der Waals surface area contributed by atoms with Gasteiger partial charge in [0.05, 0.1) is 5.88 Å². The predicted molar refractivity (Wildman–Crippen MR) is 60.6 cm³/mol. The highest BCUT2D eigenvalue weighted by molar-refractivity contribution is 6.16. The van der Waals surface area contributed by atoms with Crippen molar-refractivity contribution in [1.29, 1.82) is 0 Å². The summed E-state index contributed by atoms with van der Waals surface area (Å²) in [5.41, 5.74) is 0.714. The van der Waals surface area contributed by atoms with Gasteiger partial charge in [-0.2, -0.15) is 0 Å². The van der Waals surface area contributed by atoms with Gasteiger partial charge in [-0.15, -0.1) is 21.8 Å². The molecule has 1 aromatic heterocycles. The molecule has 0 radical (unpaired) electrons. The molecule has 0 atom stereocenters. The van der Waals surface area contributed by atoms with Gasteiger partial charge in [0.1, 0.15) is 11.6 Å². The molecule has 3 nitrogen and oxygen atoms in total. The van der Waals surface area contributed by atoms with Gasteiger partial charge in [-0.05, 0) is 19.1 Å². The Kier molecular flexibility index (Phi) is 3.19. The molecule has 5 heteroatoms. The summed E-state index contributed by atoms with van der Waals surface area (Å²) in [6, 6.07) is 6.30. The normalized spacial score (nSPS) is 10.7. The SMILES string of the molecule is CCn1c(CCl)nnc1-c1cccc(F)c1. The number of aromatic nitrogens is 3. The lowest BCUT2D eigenvalue weighted by Crippen LogP contribution is -2.02. The van der Waals surface area contributed by atoms with Crippen molar-refractivity contribution < 1.29 is 4.39 Å². The molecule has 0 N–H and O–H groups in total. The van der Waals surface area contributed by atoms with Crippen LogP contribution in [0.25, 0.3) is 11.4 Å². The largest absolute Gasteiger partial charge is 0.310 e. The molecule has 1 aromatic carbocycles. The predicted octanol–water partition coefficient (Wildman–Crippen LogP) is 2.84. The number of benzene rings is 1. The number of nitrogens with zero attached hydrogens (tertiary/aromatic N) is 3. The molecule has 0 saturated heterocycles. The van der Waals surface area contributed by atoms with Crippen molar-refractivity contribution in [3.05, 3.63) is 35.9 Å². The van der Waals surface area contributed by atoms with Gasteiger partial charge >= 0.3 is 0 Å². The lowest BCUT2D eigenvalue weighted by molar-refractivity contribution is 0.627. The van der Waals surface area contributed by atoms with Gasteiger partial charge in [0.2, 0.25) is 0 Å². The van der Waals surface area contributed by atoms with E-state index in [-0.39, 0.29) is 5.82 Å². The highest BCUT2D eigenvalue weighted by Crippen LogP contribution is 2.19. The van der Waals surface area contributed by atoms with E-state index in [0.29, 0.717) is 29.6 Å². The maximum absolute atomic E-state index is 13.1. The standard InChI is InChI=1S/C11H11ClFN3/c1-2-16-10(7-12)14-15-11(16)8-4-3-5-9(13)6-8/h3-6H,2,7H2,1H3. The van der Waals surface area contributed by atoms with Crippen LogP contribution in [0.5, 0.6) is 0 Å². The van der Waals surface area contributed by atoms with E-state index in [1.165, 1.54) is 12.1 Å². The number of rotatable bonds is 3. The summed E-state index contributed by atoms with van der Waals surface area (Å²) < 4.78 is 15.0. The van der Waals surface area contributed by atoms with E-state index in [0.717, 1.165) is 0 Å². The number of hydrogen-bond donors (Lipinski definition) is 0. The van der Waals surface area contributed by atoms with Crippen molar-refractivity contribution in [2.75, 3.05) is 0 Å². The number of hydrogen-bond acceptors (Lipinski definition) is 2. The summed E-state index contributed by atoms with van der Waals surface area (Å²) in [6.45, 7) is 2.68. The molecule has 2 rings (SSSR count). The highest BCUT2D eigenvalue weighted by atomic mass is 35.5. The van der Waals surface area contributed by atoms with Crippen molar-refractivity contribution >= 4 is 11.6 Å². The molecular weight excluding hydrogens is 229 g/mol. The van der Waals surface area contributed by atoms with Crippen LogP contribution in [0.15, 0.2) is 24.3 Å². The second-order valence-corrected chi connectivity index (χ2v) is 3.60. The van der Waals surface area contributed by atoms with E-state index < -0.39 is 0 Å². The molecule has 0 aliphatic rings. The molecule has 0 unspecified atom stereocenters. The van der Waals surface area contributed by atoms with E-state index in [1.54, 1.807) is 12.1 Å². The molecule has 1 heterocycles. The maximum Gasteiger partial charge on any atom is 0.164 e. The van der Waals surface area contributed by atoms with Gasteiger partial charge in [-0.1, -0.05) is 12.1 Å². The van der Waals surface area contributed by atoms with E-state index in [1.807, 2.05) is 11.5 Å². The Labute approximate surface area is 97.9 Å². The minimum atomic E-state index is -0.282. The third-order valence-corrected chi connectivity index (χ3v) is 2.59. The molecule has 0 amide bonds. The molecule has 2 aromatic rings. The topological polar surface area (TPSA) is 30.7 Å². The van der Waals surface area contributed by atoms with E-state index in [2.05, 4.69) is 10.2 Å². The molecule has 0 aliphatic carbocycles. The Balaban J connectivity index is 2.51. The summed E-state index contributed by atoms with van der Waals surface area (Å²) in [5, 5.41) is 8.00. The molecular formula is C11H11ClFN3. The lowest BCUT2D eigenvalue weighted by atomic mass is 10.2. The first-order chi connectivity index (χ1) is 7.76. The van der Waals surface area contributed by atoms with E-state index in [4.69, 9.17) is 11.6 Å². The zero-order chi connectivity index (χ0) is 11.5. The molecule has 0 fully saturated rings. The summed E-state index contributed by atoms with van der Waals surface area (Å²) in [5.74, 6) is 1.37.